The van der Waals surface area contributed by atoms with Crippen molar-refractivity contribution in [2.75, 3.05) is 27.4 Å². The van der Waals surface area contributed by atoms with Crippen LogP contribution in [0.3, 0.4) is 0 Å². The maximum Gasteiger partial charge on any atom is 0.165 e. The third kappa shape index (κ3) is 2.22. The first-order valence-corrected chi connectivity index (χ1v) is 6.08. The number of aryl methyl sites for hydroxylation is 1. The van der Waals surface area contributed by atoms with E-state index in [1.807, 2.05) is 6.07 Å². The largest absolute Gasteiger partial charge is 0.493 e. The van der Waals surface area contributed by atoms with Crippen LogP contribution in [0, 0.1) is 6.92 Å². The van der Waals surface area contributed by atoms with E-state index < -0.39 is 0 Å². The molecule has 0 aliphatic carbocycles. The van der Waals surface area contributed by atoms with E-state index >= 15 is 0 Å². The van der Waals surface area contributed by atoms with E-state index in [-0.39, 0.29) is 5.38 Å². The molecule has 0 saturated heterocycles. The lowest BCUT2D eigenvalue weighted by Crippen LogP contribution is -2.05. The molecular formula is C13H17ClO3. The van der Waals surface area contributed by atoms with Gasteiger partial charge in [-0.2, -0.15) is 0 Å². The number of rotatable bonds is 2. The number of alkyl halides is 1. The SMILES string of the molecule is COc1cc(C)c2c(c1OC)C(Cl)COCC2. The zero-order valence-corrected chi connectivity index (χ0v) is 11.1. The van der Waals surface area contributed by atoms with Crippen LogP contribution >= 0.6 is 11.6 Å². The van der Waals surface area contributed by atoms with Gasteiger partial charge in [0.15, 0.2) is 11.5 Å². The zero-order chi connectivity index (χ0) is 12.4. The Balaban J connectivity index is 2.64. The topological polar surface area (TPSA) is 27.7 Å². The minimum absolute atomic E-state index is 0.184. The Morgan fingerprint density at radius 2 is 2.12 bits per heavy atom. The lowest BCUT2D eigenvalue weighted by molar-refractivity contribution is 0.143. The van der Waals surface area contributed by atoms with Gasteiger partial charge in [0, 0.05) is 5.56 Å². The molecule has 0 saturated carbocycles. The van der Waals surface area contributed by atoms with Crippen molar-refractivity contribution < 1.29 is 14.2 Å². The van der Waals surface area contributed by atoms with Crippen LogP contribution in [0.15, 0.2) is 6.07 Å². The minimum atomic E-state index is -0.184. The first-order chi connectivity index (χ1) is 8.19. The van der Waals surface area contributed by atoms with Gasteiger partial charge in [0.05, 0.1) is 32.8 Å². The molecule has 0 radical (unpaired) electrons. The molecule has 2 rings (SSSR count). The Morgan fingerprint density at radius 3 is 2.76 bits per heavy atom. The Morgan fingerprint density at radius 1 is 1.35 bits per heavy atom. The van der Waals surface area contributed by atoms with Crippen molar-refractivity contribution in [2.24, 2.45) is 0 Å². The van der Waals surface area contributed by atoms with E-state index in [4.69, 9.17) is 25.8 Å². The highest BCUT2D eigenvalue weighted by atomic mass is 35.5. The van der Waals surface area contributed by atoms with E-state index in [0.29, 0.717) is 13.2 Å². The summed E-state index contributed by atoms with van der Waals surface area (Å²) in [4.78, 5) is 0. The molecule has 1 aliphatic heterocycles. The predicted octanol–water partition coefficient (Wildman–Crippen LogP) is 2.86. The molecule has 94 valence electrons. The Kier molecular flexibility index (Phi) is 3.79. The van der Waals surface area contributed by atoms with Crippen LogP contribution in [0.4, 0.5) is 0 Å². The Hall–Kier alpha value is -0.930. The van der Waals surface area contributed by atoms with Crippen molar-refractivity contribution in [1.82, 2.24) is 0 Å². The van der Waals surface area contributed by atoms with Gasteiger partial charge in [-0.15, -0.1) is 11.6 Å². The van der Waals surface area contributed by atoms with Crippen LogP contribution in [0.5, 0.6) is 11.5 Å². The average Bonchev–Trinajstić information content (AvgIpc) is 2.52. The summed E-state index contributed by atoms with van der Waals surface area (Å²) >= 11 is 6.38. The summed E-state index contributed by atoms with van der Waals surface area (Å²) in [5, 5.41) is -0.184. The lowest BCUT2D eigenvalue weighted by atomic mass is 9.96. The Labute approximate surface area is 107 Å². The Bertz CT molecular complexity index is 418. The standard InChI is InChI=1S/C13H17ClO3/c1-8-6-11(15-2)13(16-3)12-9(8)4-5-17-7-10(12)14/h6,10H,4-5,7H2,1-3H3. The molecule has 1 aromatic rings. The van der Waals surface area contributed by atoms with Crippen molar-refractivity contribution >= 4 is 11.6 Å². The number of fused-ring (bicyclic) bond motifs is 1. The number of hydrogen-bond donors (Lipinski definition) is 0. The summed E-state index contributed by atoms with van der Waals surface area (Å²) in [6.45, 7) is 3.28. The fourth-order valence-electron chi connectivity index (χ4n) is 2.30. The van der Waals surface area contributed by atoms with Gasteiger partial charge >= 0.3 is 0 Å². The maximum atomic E-state index is 6.38. The molecule has 3 nitrogen and oxygen atoms in total. The summed E-state index contributed by atoms with van der Waals surface area (Å²) in [5.74, 6) is 1.47. The molecule has 1 aromatic carbocycles. The molecule has 1 unspecified atom stereocenters. The monoisotopic (exact) mass is 256 g/mol. The van der Waals surface area contributed by atoms with Crippen molar-refractivity contribution in [2.45, 2.75) is 18.7 Å². The van der Waals surface area contributed by atoms with Gasteiger partial charge in [-0.25, -0.2) is 0 Å². The van der Waals surface area contributed by atoms with E-state index in [0.717, 1.165) is 23.5 Å². The first kappa shape index (κ1) is 12.5. The number of methoxy groups -OCH3 is 2. The fourth-order valence-corrected chi connectivity index (χ4v) is 2.62. The molecule has 0 amide bonds. The molecule has 0 fully saturated rings. The summed E-state index contributed by atoms with van der Waals surface area (Å²) < 4.78 is 16.3. The number of ether oxygens (including phenoxy) is 3. The van der Waals surface area contributed by atoms with Crippen LogP contribution in [-0.4, -0.2) is 27.4 Å². The molecule has 0 N–H and O–H groups in total. The van der Waals surface area contributed by atoms with Gasteiger partial charge in [-0.1, -0.05) is 0 Å². The second-order valence-corrected chi connectivity index (χ2v) is 4.64. The minimum Gasteiger partial charge on any atom is -0.493 e. The molecule has 0 bridgehead atoms. The number of halogens is 1. The van der Waals surface area contributed by atoms with Crippen LogP contribution in [0.1, 0.15) is 22.1 Å². The third-order valence-electron chi connectivity index (χ3n) is 3.11. The van der Waals surface area contributed by atoms with Gasteiger partial charge in [0.1, 0.15) is 0 Å². The van der Waals surface area contributed by atoms with Crippen LogP contribution in [0.2, 0.25) is 0 Å². The van der Waals surface area contributed by atoms with E-state index in [2.05, 4.69) is 6.92 Å². The quantitative estimate of drug-likeness (QED) is 0.762. The van der Waals surface area contributed by atoms with E-state index in [9.17, 15) is 0 Å². The highest BCUT2D eigenvalue weighted by Crippen LogP contribution is 2.42. The molecule has 17 heavy (non-hydrogen) atoms. The maximum absolute atomic E-state index is 6.38. The lowest BCUT2D eigenvalue weighted by Gasteiger charge is -2.19. The van der Waals surface area contributed by atoms with Crippen LogP contribution < -0.4 is 9.47 Å². The normalized spacial score (nSPS) is 19.4. The van der Waals surface area contributed by atoms with E-state index in [1.165, 1.54) is 11.1 Å². The fraction of sp³-hybridized carbons (Fsp3) is 0.538. The highest BCUT2D eigenvalue weighted by Gasteiger charge is 2.25. The summed E-state index contributed by atoms with van der Waals surface area (Å²) in [6.07, 6.45) is 0.866. The first-order valence-electron chi connectivity index (χ1n) is 5.65. The average molecular weight is 257 g/mol. The van der Waals surface area contributed by atoms with Crippen molar-refractivity contribution in [3.8, 4) is 11.5 Å². The molecule has 1 aliphatic rings. The molecule has 1 atom stereocenters. The summed E-state index contributed by atoms with van der Waals surface area (Å²) in [6, 6.07) is 1.99. The van der Waals surface area contributed by atoms with Crippen LogP contribution in [0.25, 0.3) is 0 Å². The van der Waals surface area contributed by atoms with Crippen molar-refractivity contribution in [1.29, 1.82) is 0 Å². The third-order valence-corrected chi connectivity index (χ3v) is 3.46. The predicted molar refractivity (Wildman–Crippen MR) is 67.4 cm³/mol. The molecule has 4 heteroatoms. The second-order valence-electron chi connectivity index (χ2n) is 4.11. The van der Waals surface area contributed by atoms with Gasteiger partial charge in [0.25, 0.3) is 0 Å². The van der Waals surface area contributed by atoms with Gasteiger partial charge < -0.3 is 14.2 Å². The van der Waals surface area contributed by atoms with Gasteiger partial charge in [0.2, 0.25) is 0 Å². The number of hydrogen-bond acceptors (Lipinski definition) is 3. The number of benzene rings is 1. The van der Waals surface area contributed by atoms with E-state index in [1.54, 1.807) is 14.2 Å². The second kappa shape index (κ2) is 5.15. The van der Waals surface area contributed by atoms with Crippen molar-refractivity contribution in [3.63, 3.8) is 0 Å². The molecule has 0 spiro atoms. The highest BCUT2D eigenvalue weighted by molar-refractivity contribution is 6.21. The molecular weight excluding hydrogens is 240 g/mol. The molecule has 1 heterocycles. The summed E-state index contributed by atoms with van der Waals surface area (Å²) in [7, 11) is 3.28. The van der Waals surface area contributed by atoms with Gasteiger partial charge in [-0.3, -0.25) is 0 Å². The molecule has 0 aromatic heterocycles. The summed E-state index contributed by atoms with van der Waals surface area (Å²) in [5.41, 5.74) is 3.41. The van der Waals surface area contributed by atoms with Crippen LogP contribution in [-0.2, 0) is 11.2 Å². The van der Waals surface area contributed by atoms with Crippen molar-refractivity contribution in [3.05, 3.63) is 22.8 Å². The van der Waals surface area contributed by atoms with Gasteiger partial charge in [-0.05, 0) is 30.5 Å². The zero-order valence-electron chi connectivity index (χ0n) is 10.4. The smallest absolute Gasteiger partial charge is 0.165 e.